The second-order valence-corrected chi connectivity index (χ2v) is 5.37. The van der Waals surface area contributed by atoms with Gasteiger partial charge in [-0.2, -0.15) is 0 Å². The van der Waals surface area contributed by atoms with E-state index in [0.29, 0.717) is 0 Å². The number of azide groups is 1. The zero-order valence-electron chi connectivity index (χ0n) is 11.4. The van der Waals surface area contributed by atoms with E-state index in [4.69, 9.17) is 5.53 Å². The molecular weight excluding hydrogens is 248 g/mol. The van der Waals surface area contributed by atoms with Crippen LogP contribution in [0.2, 0.25) is 0 Å². The van der Waals surface area contributed by atoms with Crippen LogP contribution >= 0.6 is 0 Å². The Balaban J connectivity index is 1.82. The van der Waals surface area contributed by atoms with Crippen LogP contribution in [-0.4, -0.2) is 12.1 Å². The van der Waals surface area contributed by atoms with E-state index in [-0.39, 0.29) is 12.1 Å². The zero-order valence-corrected chi connectivity index (χ0v) is 11.4. The van der Waals surface area contributed by atoms with Gasteiger partial charge in [0.05, 0.1) is 6.04 Å². The van der Waals surface area contributed by atoms with Gasteiger partial charge in [-0.15, -0.1) is 0 Å². The third-order valence-electron chi connectivity index (χ3n) is 4.03. The van der Waals surface area contributed by atoms with Crippen LogP contribution in [0.25, 0.3) is 21.2 Å². The molecule has 0 saturated heterocycles. The third-order valence-corrected chi connectivity index (χ3v) is 4.03. The van der Waals surface area contributed by atoms with Crippen molar-refractivity contribution in [3.05, 3.63) is 52.9 Å². The number of hydrogen-bond acceptors (Lipinski definition) is 2. The first kappa shape index (κ1) is 12.8. The maximum Gasteiger partial charge on any atom is 0.0575 e. The minimum atomic E-state index is 0.0696. The predicted octanol–water partition coefficient (Wildman–Crippen LogP) is 4.87. The molecule has 4 nitrogen and oxygen atoms in total. The van der Waals surface area contributed by atoms with Crippen molar-refractivity contribution < 1.29 is 0 Å². The summed E-state index contributed by atoms with van der Waals surface area (Å²) in [5.41, 5.74) is 9.78. The highest BCUT2D eigenvalue weighted by molar-refractivity contribution is 5.85. The molecule has 2 aromatic carbocycles. The molecule has 1 saturated carbocycles. The summed E-state index contributed by atoms with van der Waals surface area (Å²) in [7, 11) is 0. The van der Waals surface area contributed by atoms with Crippen LogP contribution in [0.5, 0.6) is 0 Å². The average Bonchev–Trinajstić information content (AvgIpc) is 2.49. The molecule has 0 aliphatic heterocycles. The second kappa shape index (κ2) is 5.85. The number of rotatable bonds is 3. The molecule has 0 heterocycles. The molecule has 102 valence electrons. The molecule has 0 aromatic heterocycles. The fourth-order valence-electron chi connectivity index (χ4n) is 2.98. The summed E-state index contributed by atoms with van der Waals surface area (Å²) in [6.07, 6.45) is 4.40. The zero-order chi connectivity index (χ0) is 13.8. The molecule has 0 radical (unpaired) electrons. The largest absolute Gasteiger partial charge is 0.382 e. The Labute approximate surface area is 118 Å². The first-order chi connectivity index (χ1) is 9.86. The van der Waals surface area contributed by atoms with Gasteiger partial charge in [-0.1, -0.05) is 48.3 Å². The molecule has 0 bridgehead atoms. The van der Waals surface area contributed by atoms with Crippen molar-refractivity contribution in [2.45, 2.75) is 37.8 Å². The van der Waals surface area contributed by atoms with Crippen molar-refractivity contribution in [2.24, 2.45) is 5.11 Å². The first-order valence-electron chi connectivity index (χ1n) is 7.16. The van der Waals surface area contributed by atoms with Crippen molar-refractivity contribution in [1.82, 2.24) is 0 Å². The summed E-state index contributed by atoms with van der Waals surface area (Å²) in [6, 6.07) is 15.0. The van der Waals surface area contributed by atoms with Gasteiger partial charge in [0.2, 0.25) is 0 Å². The number of fused-ring (bicyclic) bond motifs is 1. The Bertz CT molecular complexity index is 646. The number of nitrogens with one attached hydrogen (secondary N) is 1. The molecule has 1 fully saturated rings. The van der Waals surface area contributed by atoms with E-state index in [1.54, 1.807) is 0 Å². The number of anilines is 1. The Morgan fingerprint density at radius 2 is 1.85 bits per heavy atom. The van der Waals surface area contributed by atoms with E-state index in [1.807, 2.05) is 6.07 Å². The Kier molecular flexibility index (Phi) is 3.75. The molecule has 20 heavy (non-hydrogen) atoms. The predicted molar refractivity (Wildman–Crippen MR) is 82.8 cm³/mol. The first-order valence-corrected chi connectivity index (χ1v) is 7.16. The van der Waals surface area contributed by atoms with Crippen LogP contribution in [0.1, 0.15) is 25.7 Å². The van der Waals surface area contributed by atoms with Crippen LogP contribution < -0.4 is 5.32 Å². The minimum absolute atomic E-state index is 0.0696. The maximum atomic E-state index is 8.67. The van der Waals surface area contributed by atoms with E-state index >= 15 is 0 Å². The van der Waals surface area contributed by atoms with Crippen molar-refractivity contribution >= 4 is 16.5 Å². The lowest BCUT2D eigenvalue weighted by Gasteiger charge is -2.29. The van der Waals surface area contributed by atoms with Gasteiger partial charge in [0.1, 0.15) is 0 Å². The molecule has 1 aliphatic rings. The Morgan fingerprint density at radius 1 is 1.05 bits per heavy atom. The molecular formula is C16H18N4. The third kappa shape index (κ3) is 2.70. The van der Waals surface area contributed by atoms with Gasteiger partial charge in [-0.25, -0.2) is 0 Å². The molecule has 2 aromatic rings. The van der Waals surface area contributed by atoms with Gasteiger partial charge in [-0.3, -0.25) is 0 Å². The number of hydrogen-bond donors (Lipinski definition) is 1. The normalized spacial score (nSPS) is 22.2. The maximum absolute atomic E-state index is 8.67. The molecule has 3 rings (SSSR count). The number of nitrogens with zero attached hydrogens (tertiary/aromatic N) is 3. The van der Waals surface area contributed by atoms with Gasteiger partial charge in [0.15, 0.2) is 0 Å². The quantitative estimate of drug-likeness (QED) is 0.480. The Hall–Kier alpha value is -2.19. The highest BCUT2D eigenvalue weighted by Crippen LogP contribution is 2.26. The highest BCUT2D eigenvalue weighted by Gasteiger charge is 2.23. The Morgan fingerprint density at radius 3 is 2.70 bits per heavy atom. The van der Waals surface area contributed by atoms with Crippen molar-refractivity contribution in [3.63, 3.8) is 0 Å². The van der Waals surface area contributed by atoms with Gasteiger partial charge < -0.3 is 5.32 Å². The van der Waals surface area contributed by atoms with Gasteiger partial charge in [0, 0.05) is 16.6 Å². The van der Waals surface area contributed by atoms with Crippen molar-refractivity contribution in [3.8, 4) is 0 Å². The smallest absolute Gasteiger partial charge is 0.0575 e. The van der Waals surface area contributed by atoms with E-state index in [0.717, 1.165) is 24.9 Å². The summed E-state index contributed by atoms with van der Waals surface area (Å²) in [6.45, 7) is 0. The molecule has 1 N–H and O–H groups in total. The summed E-state index contributed by atoms with van der Waals surface area (Å²) in [5, 5.41) is 9.96. The second-order valence-electron chi connectivity index (χ2n) is 5.37. The van der Waals surface area contributed by atoms with Crippen molar-refractivity contribution in [2.75, 3.05) is 5.32 Å². The number of benzene rings is 2. The molecule has 2 atom stereocenters. The molecule has 0 amide bonds. The van der Waals surface area contributed by atoms with Crippen LogP contribution in [0.4, 0.5) is 5.69 Å². The van der Waals surface area contributed by atoms with E-state index < -0.39 is 0 Å². The SMILES string of the molecule is [N-]=[N+]=N[C@@H]1CCCC[C@H]1Nc1ccc2ccccc2c1. The summed E-state index contributed by atoms with van der Waals surface area (Å²) in [5.74, 6) is 0. The van der Waals surface area contributed by atoms with Gasteiger partial charge in [-0.05, 0) is 41.3 Å². The fourth-order valence-corrected chi connectivity index (χ4v) is 2.98. The van der Waals surface area contributed by atoms with E-state index in [9.17, 15) is 0 Å². The van der Waals surface area contributed by atoms with Gasteiger partial charge in [0.25, 0.3) is 0 Å². The average molecular weight is 266 g/mol. The topological polar surface area (TPSA) is 60.8 Å². The van der Waals surface area contributed by atoms with E-state index in [2.05, 4.69) is 51.7 Å². The highest BCUT2D eigenvalue weighted by atomic mass is 15.2. The lowest BCUT2D eigenvalue weighted by atomic mass is 9.90. The summed E-state index contributed by atoms with van der Waals surface area (Å²) in [4.78, 5) is 2.99. The molecule has 0 spiro atoms. The lowest BCUT2D eigenvalue weighted by molar-refractivity contribution is 0.403. The standard InChI is InChI=1S/C16H18N4/c17-20-19-16-8-4-3-7-15(16)18-14-10-9-12-5-1-2-6-13(12)11-14/h1-2,5-6,9-11,15-16,18H,3-4,7-8H2/t15-,16-/m1/s1. The van der Waals surface area contributed by atoms with Crippen LogP contribution in [0, 0.1) is 0 Å². The summed E-state index contributed by atoms with van der Waals surface area (Å²) < 4.78 is 0. The lowest BCUT2D eigenvalue weighted by Crippen LogP contribution is -2.34. The van der Waals surface area contributed by atoms with E-state index in [1.165, 1.54) is 17.2 Å². The van der Waals surface area contributed by atoms with Gasteiger partial charge >= 0.3 is 0 Å². The fraction of sp³-hybridized carbons (Fsp3) is 0.375. The van der Waals surface area contributed by atoms with Crippen LogP contribution in [0.15, 0.2) is 47.6 Å². The molecule has 1 aliphatic carbocycles. The molecule has 0 unspecified atom stereocenters. The van der Waals surface area contributed by atoms with Crippen LogP contribution in [-0.2, 0) is 0 Å². The van der Waals surface area contributed by atoms with Crippen LogP contribution in [0.3, 0.4) is 0 Å². The minimum Gasteiger partial charge on any atom is -0.382 e. The summed E-state index contributed by atoms with van der Waals surface area (Å²) >= 11 is 0. The molecule has 4 heteroatoms. The monoisotopic (exact) mass is 266 g/mol. The van der Waals surface area contributed by atoms with Crippen molar-refractivity contribution in [1.29, 1.82) is 0 Å².